The molecule has 0 fully saturated rings. The van der Waals surface area contributed by atoms with Crippen LogP contribution < -0.4 is 5.32 Å². The molecular weight excluding hydrogens is 214 g/mol. The molecular formula is C14H21NO2. The number of ketones is 1. The van der Waals surface area contributed by atoms with Gasteiger partial charge in [-0.1, -0.05) is 25.7 Å². The highest BCUT2D eigenvalue weighted by atomic mass is 16.2. The molecule has 3 nitrogen and oxygen atoms in total. The van der Waals surface area contributed by atoms with Crippen LogP contribution >= 0.6 is 0 Å². The van der Waals surface area contributed by atoms with E-state index in [1.165, 1.54) is 25.7 Å². The van der Waals surface area contributed by atoms with Crippen molar-refractivity contribution in [3.05, 3.63) is 11.1 Å². The van der Waals surface area contributed by atoms with Gasteiger partial charge in [0.1, 0.15) is 0 Å². The lowest BCUT2D eigenvalue weighted by Crippen LogP contribution is -2.24. The molecule has 0 aromatic carbocycles. The number of amides is 1. The molecule has 1 aliphatic carbocycles. The van der Waals surface area contributed by atoms with Crippen molar-refractivity contribution in [2.24, 2.45) is 0 Å². The molecule has 0 radical (unpaired) electrons. The van der Waals surface area contributed by atoms with E-state index in [2.05, 4.69) is 5.32 Å². The summed E-state index contributed by atoms with van der Waals surface area (Å²) >= 11 is 0. The van der Waals surface area contributed by atoms with Crippen LogP contribution in [0.5, 0.6) is 0 Å². The molecule has 1 aliphatic heterocycles. The number of rotatable bonds is 0. The molecule has 3 heteroatoms. The first-order valence-corrected chi connectivity index (χ1v) is 6.82. The van der Waals surface area contributed by atoms with E-state index in [1.54, 1.807) is 0 Å². The van der Waals surface area contributed by atoms with E-state index >= 15 is 0 Å². The molecule has 94 valence electrons. The smallest absolute Gasteiger partial charge is 0.247 e. The number of nitrogens with one attached hydrogen (secondary N) is 1. The fourth-order valence-corrected chi connectivity index (χ4v) is 2.72. The largest absolute Gasteiger partial charge is 0.352 e. The Morgan fingerprint density at radius 2 is 1.29 bits per heavy atom. The average Bonchev–Trinajstić information content (AvgIpc) is 2.46. The van der Waals surface area contributed by atoms with Crippen molar-refractivity contribution in [2.75, 3.05) is 6.54 Å². The van der Waals surface area contributed by atoms with E-state index in [0.29, 0.717) is 13.0 Å². The van der Waals surface area contributed by atoms with Gasteiger partial charge in [-0.05, 0) is 25.7 Å². The third-order valence-electron chi connectivity index (χ3n) is 3.72. The van der Waals surface area contributed by atoms with Gasteiger partial charge >= 0.3 is 0 Å². The minimum Gasteiger partial charge on any atom is -0.352 e. The van der Waals surface area contributed by atoms with E-state index in [9.17, 15) is 9.59 Å². The number of hydrogen-bond donors (Lipinski definition) is 1. The second kappa shape index (κ2) is 5.99. The Morgan fingerprint density at radius 3 is 2.00 bits per heavy atom. The molecule has 0 saturated carbocycles. The summed E-state index contributed by atoms with van der Waals surface area (Å²) in [6.07, 6.45) is 9.06. The molecule has 1 amide bonds. The summed E-state index contributed by atoms with van der Waals surface area (Å²) in [6, 6.07) is 0. The number of hydrogen-bond acceptors (Lipinski definition) is 2. The Labute approximate surface area is 103 Å². The lowest BCUT2D eigenvalue weighted by Gasteiger charge is -2.13. The van der Waals surface area contributed by atoms with Crippen molar-refractivity contribution in [1.82, 2.24) is 5.32 Å². The predicted octanol–water partition coefficient (Wildman–Crippen LogP) is 2.51. The third kappa shape index (κ3) is 3.18. The summed E-state index contributed by atoms with van der Waals surface area (Å²) in [4.78, 5) is 23.9. The number of Topliss-reactive ketones (excluding diaryl/α,β-unsaturated/α-hetero) is 1. The Bertz CT molecular complexity index is 312. The van der Waals surface area contributed by atoms with Crippen LogP contribution in [0.1, 0.15) is 57.8 Å². The molecule has 0 bridgehead atoms. The van der Waals surface area contributed by atoms with Crippen LogP contribution in [-0.2, 0) is 9.59 Å². The van der Waals surface area contributed by atoms with Crippen molar-refractivity contribution < 1.29 is 9.59 Å². The van der Waals surface area contributed by atoms with Crippen LogP contribution in [0.4, 0.5) is 0 Å². The van der Waals surface area contributed by atoms with E-state index < -0.39 is 0 Å². The Morgan fingerprint density at radius 1 is 0.706 bits per heavy atom. The van der Waals surface area contributed by atoms with Crippen LogP contribution in [0.25, 0.3) is 0 Å². The molecule has 17 heavy (non-hydrogen) atoms. The maximum absolute atomic E-state index is 12.0. The van der Waals surface area contributed by atoms with Crippen LogP contribution in [0.2, 0.25) is 0 Å². The Balaban J connectivity index is 2.23. The molecule has 1 heterocycles. The lowest BCUT2D eigenvalue weighted by atomic mass is 9.91. The predicted molar refractivity (Wildman–Crippen MR) is 66.6 cm³/mol. The normalized spacial score (nSPS) is 23.8. The molecule has 0 saturated heterocycles. The van der Waals surface area contributed by atoms with Crippen molar-refractivity contribution in [2.45, 2.75) is 57.8 Å². The zero-order chi connectivity index (χ0) is 12.1. The van der Waals surface area contributed by atoms with Gasteiger partial charge in [0.25, 0.3) is 0 Å². The molecule has 2 aliphatic rings. The van der Waals surface area contributed by atoms with Crippen LogP contribution in [0, 0.1) is 0 Å². The van der Waals surface area contributed by atoms with Gasteiger partial charge in [0, 0.05) is 24.1 Å². The number of carbonyl (C=O) groups excluding carboxylic acids is 2. The maximum Gasteiger partial charge on any atom is 0.247 e. The molecule has 1 N–H and O–H groups in total. The average molecular weight is 235 g/mol. The molecule has 0 spiro atoms. The highest BCUT2D eigenvalue weighted by Crippen LogP contribution is 2.25. The highest BCUT2D eigenvalue weighted by Gasteiger charge is 2.23. The summed E-state index contributed by atoms with van der Waals surface area (Å²) in [6.45, 7) is 0.505. The van der Waals surface area contributed by atoms with E-state index in [0.717, 1.165) is 36.8 Å². The van der Waals surface area contributed by atoms with Crippen LogP contribution in [0.15, 0.2) is 11.1 Å². The van der Waals surface area contributed by atoms with Gasteiger partial charge < -0.3 is 5.32 Å². The first-order chi connectivity index (χ1) is 8.29. The maximum atomic E-state index is 12.0. The molecule has 2 rings (SSSR count). The fraction of sp³-hybridized carbons (Fsp3) is 0.714. The van der Waals surface area contributed by atoms with Gasteiger partial charge in [-0.3, -0.25) is 9.59 Å². The quantitative estimate of drug-likeness (QED) is 0.701. The molecule has 0 aromatic heterocycles. The number of carbonyl (C=O) groups is 2. The minimum atomic E-state index is 0.00595. The summed E-state index contributed by atoms with van der Waals surface area (Å²) in [5, 5.41) is 2.84. The van der Waals surface area contributed by atoms with Gasteiger partial charge in [-0.25, -0.2) is 0 Å². The third-order valence-corrected chi connectivity index (χ3v) is 3.72. The summed E-state index contributed by atoms with van der Waals surface area (Å²) in [7, 11) is 0. The summed E-state index contributed by atoms with van der Waals surface area (Å²) in [5.74, 6) is 0.199. The van der Waals surface area contributed by atoms with Gasteiger partial charge in [0.05, 0.1) is 0 Å². The van der Waals surface area contributed by atoms with E-state index in [-0.39, 0.29) is 11.7 Å². The minimum absolute atomic E-state index is 0.00595. The van der Waals surface area contributed by atoms with Crippen molar-refractivity contribution in [3.8, 4) is 0 Å². The second-order valence-electron chi connectivity index (χ2n) is 5.01. The summed E-state index contributed by atoms with van der Waals surface area (Å²) in [5.41, 5.74) is 1.62. The first-order valence-electron chi connectivity index (χ1n) is 6.82. The lowest BCUT2D eigenvalue weighted by molar-refractivity contribution is -0.117. The highest BCUT2D eigenvalue weighted by molar-refractivity contribution is 6.07. The SMILES string of the molecule is O=C1CCNC(=O)C2=C1CCCCCCCC2. The Hall–Kier alpha value is -1.12. The molecule has 0 aromatic rings. The fourth-order valence-electron chi connectivity index (χ4n) is 2.72. The Kier molecular flexibility index (Phi) is 4.35. The zero-order valence-corrected chi connectivity index (χ0v) is 10.4. The van der Waals surface area contributed by atoms with Crippen molar-refractivity contribution in [3.63, 3.8) is 0 Å². The number of allylic oxidation sites excluding steroid dienone is 1. The van der Waals surface area contributed by atoms with Gasteiger partial charge in [0.15, 0.2) is 5.78 Å². The van der Waals surface area contributed by atoms with Gasteiger partial charge in [-0.15, -0.1) is 0 Å². The first kappa shape index (κ1) is 12.3. The monoisotopic (exact) mass is 235 g/mol. The summed E-state index contributed by atoms with van der Waals surface area (Å²) < 4.78 is 0. The van der Waals surface area contributed by atoms with E-state index in [1.807, 2.05) is 0 Å². The van der Waals surface area contributed by atoms with Crippen molar-refractivity contribution >= 4 is 11.7 Å². The zero-order valence-electron chi connectivity index (χ0n) is 10.4. The van der Waals surface area contributed by atoms with E-state index in [4.69, 9.17) is 0 Å². The topological polar surface area (TPSA) is 46.2 Å². The molecule has 0 unspecified atom stereocenters. The second-order valence-corrected chi connectivity index (χ2v) is 5.01. The van der Waals surface area contributed by atoms with Crippen LogP contribution in [-0.4, -0.2) is 18.2 Å². The van der Waals surface area contributed by atoms with Crippen molar-refractivity contribution in [1.29, 1.82) is 0 Å². The van der Waals surface area contributed by atoms with Gasteiger partial charge in [0.2, 0.25) is 5.91 Å². The molecule has 0 atom stereocenters. The van der Waals surface area contributed by atoms with Crippen LogP contribution in [0.3, 0.4) is 0 Å². The van der Waals surface area contributed by atoms with Gasteiger partial charge in [-0.2, -0.15) is 0 Å². The standard InChI is InChI=1S/C14H21NO2/c16-13-9-10-15-14(17)12-8-6-4-2-1-3-5-7-11(12)13/h1-10H2,(H,15,17).